The fourth-order valence-corrected chi connectivity index (χ4v) is 8.50. The Kier molecular flexibility index (Phi) is 11.0. The first-order chi connectivity index (χ1) is 25.3. The fourth-order valence-electron chi connectivity index (χ4n) is 8.50. The molecule has 2 fully saturated rings. The van der Waals surface area contributed by atoms with Crippen molar-refractivity contribution in [2.45, 2.75) is 95.0 Å². The molecule has 286 valence electrons. The summed E-state index contributed by atoms with van der Waals surface area (Å²) in [6.07, 6.45) is -0.964. The van der Waals surface area contributed by atoms with E-state index in [1.165, 1.54) is 25.3 Å². The quantitative estimate of drug-likeness (QED) is 0.110. The van der Waals surface area contributed by atoms with Crippen molar-refractivity contribution in [2.75, 3.05) is 20.3 Å². The Hall–Kier alpha value is -4.34. The van der Waals surface area contributed by atoms with Crippen LogP contribution in [0, 0.1) is 17.8 Å². The van der Waals surface area contributed by atoms with Crippen LogP contribution in [0.2, 0.25) is 0 Å². The third kappa shape index (κ3) is 6.94. The summed E-state index contributed by atoms with van der Waals surface area (Å²) in [5.41, 5.74) is -3.93. The molecule has 4 aliphatic rings. The maximum atomic E-state index is 13.9. The standard InChI is InChI=1S/C39H47NO13/c1-5-7-10-20-19(9-6-2)23(20)17-51-38(48)40-24-13-28(52-18(3)33(24)43)53-26-15-39(49,27(42)16-41)14-22-30(26)37(47)32-31(35(22)45)34(44)21-11-8-12-25(50-4)29(21)36(32)46/h5,8,11-12,18-20,23-24,26,28,33,41,43,45,47,49H,1,6-7,9-10,13-17H2,2-4H3,(H,40,48)/t18-,19?,20?,23?,24-,26-,28-,33-,39-/m0/s1. The summed E-state index contributed by atoms with van der Waals surface area (Å²) in [5, 5.41) is 58.3. The molecule has 0 radical (unpaired) electrons. The molecule has 1 saturated carbocycles. The van der Waals surface area contributed by atoms with Crippen molar-refractivity contribution in [1.29, 1.82) is 0 Å². The molecule has 1 saturated heterocycles. The second-order valence-corrected chi connectivity index (χ2v) is 14.5. The van der Waals surface area contributed by atoms with E-state index in [1.54, 1.807) is 6.92 Å². The third-order valence-electron chi connectivity index (χ3n) is 11.3. The molecule has 0 bridgehead atoms. The molecule has 14 nitrogen and oxygen atoms in total. The molecule has 6 N–H and O–H groups in total. The predicted octanol–water partition coefficient (Wildman–Crippen LogP) is 3.40. The van der Waals surface area contributed by atoms with Crippen molar-refractivity contribution < 1.29 is 63.7 Å². The number of phenols is 2. The van der Waals surface area contributed by atoms with Gasteiger partial charge in [-0.2, -0.15) is 0 Å². The molecule has 3 unspecified atom stereocenters. The molecule has 2 aromatic carbocycles. The lowest BCUT2D eigenvalue weighted by Gasteiger charge is -2.42. The summed E-state index contributed by atoms with van der Waals surface area (Å²) in [4.78, 5) is 53.6. The molecule has 14 heteroatoms. The smallest absolute Gasteiger partial charge is 0.407 e. The summed E-state index contributed by atoms with van der Waals surface area (Å²) >= 11 is 0. The van der Waals surface area contributed by atoms with Crippen molar-refractivity contribution in [2.24, 2.45) is 17.8 Å². The maximum Gasteiger partial charge on any atom is 0.407 e. The number of aliphatic hydroxyl groups excluding tert-OH is 2. The van der Waals surface area contributed by atoms with Gasteiger partial charge in [-0.1, -0.05) is 38.0 Å². The number of carbonyl (C=O) groups excluding carboxylic acids is 4. The molecule has 9 atom stereocenters. The number of methoxy groups -OCH3 is 1. The number of ketones is 3. The van der Waals surface area contributed by atoms with Gasteiger partial charge in [0.2, 0.25) is 5.78 Å². The monoisotopic (exact) mass is 737 g/mol. The minimum atomic E-state index is -2.32. The lowest BCUT2D eigenvalue weighted by atomic mass is 9.72. The van der Waals surface area contributed by atoms with Gasteiger partial charge in [0, 0.05) is 36.0 Å². The minimum absolute atomic E-state index is 0.0736. The number of nitrogens with one attached hydrogen (secondary N) is 1. The summed E-state index contributed by atoms with van der Waals surface area (Å²) in [6, 6.07) is 3.42. The molecule has 0 spiro atoms. The van der Waals surface area contributed by atoms with Crippen LogP contribution in [-0.4, -0.2) is 99.4 Å². The lowest BCUT2D eigenvalue weighted by Crippen LogP contribution is -2.56. The largest absolute Gasteiger partial charge is 0.507 e. The molecular formula is C39H47NO13. The highest BCUT2D eigenvalue weighted by Crippen LogP contribution is 2.53. The van der Waals surface area contributed by atoms with Crippen LogP contribution in [0.1, 0.15) is 101 Å². The van der Waals surface area contributed by atoms with E-state index in [9.17, 15) is 44.7 Å². The van der Waals surface area contributed by atoms with Crippen LogP contribution in [0.3, 0.4) is 0 Å². The van der Waals surface area contributed by atoms with Crippen molar-refractivity contribution >= 4 is 23.4 Å². The number of Topliss-reactive ketones (excluding diaryl/α,β-unsaturated/α-hetero) is 1. The second kappa shape index (κ2) is 15.2. The highest BCUT2D eigenvalue weighted by atomic mass is 16.7. The number of amides is 1. The van der Waals surface area contributed by atoms with Gasteiger partial charge in [-0.25, -0.2) is 4.79 Å². The van der Waals surface area contributed by atoms with Crippen LogP contribution >= 0.6 is 0 Å². The average Bonchev–Trinajstić information content (AvgIpc) is 3.81. The number of benzene rings is 2. The minimum Gasteiger partial charge on any atom is -0.507 e. The normalized spacial score (nSPS) is 30.1. The number of phenolic OH excluding ortho intramolecular Hbond substituents is 2. The van der Waals surface area contributed by atoms with Crippen LogP contribution in [0.4, 0.5) is 4.79 Å². The first kappa shape index (κ1) is 38.4. The van der Waals surface area contributed by atoms with Gasteiger partial charge in [-0.3, -0.25) is 14.4 Å². The van der Waals surface area contributed by atoms with Gasteiger partial charge in [0.25, 0.3) is 0 Å². The molecule has 1 amide bonds. The van der Waals surface area contributed by atoms with Crippen molar-refractivity contribution in [1.82, 2.24) is 5.32 Å². The van der Waals surface area contributed by atoms with Crippen LogP contribution < -0.4 is 10.1 Å². The van der Waals surface area contributed by atoms with Gasteiger partial charge in [0.15, 0.2) is 17.9 Å². The average molecular weight is 738 g/mol. The topological polar surface area (TPSA) is 218 Å². The third-order valence-corrected chi connectivity index (χ3v) is 11.3. The van der Waals surface area contributed by atoms with Gasteiger partial charge in [-0.05, 0) is 43.6 Å². The zero-order valence-electron chi connectivity index (χ0n) is 30.0. The predicted molar refractivity (Wildman–Crippen MR) is 187 cm³/mol. The molecule has 1 aliphatic heterocycles. The number of aliphatic hydroxyl groups is 3. The van der Waals surface area contributed by atoms with E-state index >= 15 is 0 Å². The lowest BCUT2D eigenvalue weighted by molar-refractivity contribution is -0.249. The summed E-state index contributed by atoms with van der Waals surface area (Å²) in [6.45, 7) is 6.63. The highest BCUT2D eigenvalue weighted by Gasteiger charge is 2.51. The van der Waals surface area contributed by atoms with E-state index in [2.05, 4.69) is 18.8 Å². The Bertz CT molecular complexity index is 1810. The SMILES string of the molecule is C=CCCC1C(CCC)C1COC(=O)N[C@H]1C[C@H](O[C@H]2C[C@](O)(C(=O)CO)Cc3c(O)c4c(c(O)c32)C(=O)c2c(OC)cccc2C4=O)O[C@@H](C)[C@@H]1O. The first-order valence-electron chi connectivity index (χ1n) is 18.1. The number of aromatic hydroxyl groups is 2. The van der Waals surface area contributed by atoms with E-state index in [4.69, 9.17) is 18.9 Å². The number of hydrogen-bond acceptors (Lipinski definition) is 13. The van der Waals surface area contributed by atoms with E-state index in [-0.39, 0.29) is 46.9 Å². The van der Waals surface area contributed by atoms with Gasteiger partial charge in [0.05, 0.1) is 48.7 Å². The summed E-state index contributed by atoms with van der Waals surface area (Å²) < 4.78 is 23.1. The van der Waals surface area contributed by atoms with E-state index in [1.807, 2.05) is 6.08 Å². The Morgan fingerprint density at radius 1 is 1.08 bits per heavy atom. The summed E-state index contributed by atoms with van der Waals surface area (Å²) in [7, 11) is 1.32. The molecule has 3 aliphatic carbocycles. The van der Waals surface area contributed by atoms with E-state index in [0.717, 1.165) is 25.7 Å². The zero-order chi connectivity index (χ0) is 38.4. The van der Waals surface area contributed by atoms with Crippen molar-refractivity contribution in [3.05, 3.63) is 64.2 Å². The molecule has 1 heterocycles. The molecule has 0 aromatic heterocycles. The first-order valence-corrected chi connectivity index (χ1v) is 18.1. The van der Waals surface area contributed by atoms with Crippen LogP contribution in [-0.2, 0) is 25.4 Å². The second-order valence-electron chi connectivity index (χ2n) is 14.5. The van der Waals surface area contributed by atoms with Crippen LogP contribution in [0.5, 0.6) is 17.2 Å². The molecule has 2 aromatic rings. The van der Waals surface area contributed by atoms with Gasteiger partial charge >= 0.3 is 6.09 Å². The van der Waals surface area contributed by atoms with Crippen molar-refractivity contribution in [3.8, 4) is 17.2 Å². The van der Waals surface area contributed by atoms with Gasteiger partial charge in [0.1, 0.15) is 35.6 Å². The summed E-state index contributed by atoms with van der Waals surface area (Å²) in [5.74, 6) is -2.81. The fraction of sp³-hybridized carbons (Fsp3) is 0.538. The Balaban J connectivity index is 1.27. The van der Waals surface area contributed by atoms with Crippen molar-refractivity contribution in [3.63, 3.8) is 0 Å². The zero-order valence-corrected chi connectivity index (χ0v) is 30.0. The number of ether oxygens (including phenoxy) is 4. The van der Waals surface area contributed by atoms with Gasteiger partial charge < -0.3 is 49.8 Å². The number of allylic oxidation sites excluding steroid dienone is 1. The van der Waals surface area contributed by atoms with E-state index in [0.29, 0.717) is 11.8 Å². The molecule has 6 rings (SSSR count). The highest BCUT2D eigenvalue weighted by molar-refractivity contribution is 6.31. The molecule has 53 heavy (non-hydrogen) atoms. The number of fused-ring (bicyclic) bond motifs is 3. The Labute approximate surface area is 306 Å². The maximum absolute atomic E-state index is 13.9. The van der Waals surface area contributed by atoms with Crippen LogP contribution in [0.15, 0.2) is 30.9 Å². The number of alkyl carbamates (subject to hydrolysis) is 1. The van der Waals surface area contributed by atoms with Gasteiger partial charge in [-0.15, -0.1) is 6.58 Å². The van der Waals surface area contributed by atoms with Crippen LogP contribution in [0.25, 0.3) is 0 Å². The number of rotatable bonds is 13. The number of hydrogen-bond donors (Lipinski definition) is 6. The Morgan fingerprint density at radius 2 is 1.79 bits per heavy atom. The molecular weight excluding hydrogens is 690 g/mol. The number of carbonyl (C=O) groups is 4. The Morgan fingerprint density at radius 3 is 2.47 bits per heavy atom. The van der Waals surface area contributed by atoms with E-state index < -0.39 is 102 Å².